The Morgan fingerprint density at radius 1 is 1.44 bits per heavy atom. The maximum absolute atomic E-state index is 13.1. The van der Waals surface area contributed by atoms with Crippen LogP contribution in [0.3, 0.4) is 0 Å². The third-order valence-corrected chi connectivity index (χ3v) is 4.85. The van der Waals surface area contributed by atoms with Crippen molar-refractivity contribution in [1.82, 2.24) is 5.32 Å². The lowest BCUT2D eigenvalue weighted by Gasteiger charge is -2.24. The molecule has 18 heavy (non-hydrogen) atoms. The standard InChI is InChI=1S/C15H22FNS/c1-11(9-12-5-3-6-13(16)10-12)17-14-7-4-8-15(14)18-2/h3,5-6,10-11,14-15,17H,4,7-9H2,1-2H3. The Morgan fingerprint density at radius 2 is 2.28 bits per heavy atom. The van der Waals surface area contributed by atoms with E-state index in [0.29, 0.717) is 12.1 Å². The molecule has 100 valence electrons. The quantitative estimate of drug-likeness (QED) is 0.874. The van der Waals surface area contributed by atoms with E-state index < -0.39 is 0 Å². The molecule has 1 fully saturated rings. The Balaban J connectivity index is 1.86. The molecule has 0 spiro atoms. The number of halogens is 1. The fourth-order valence-corrected chi connectivity index (χ4v) is 3.79. The molecule has 1 N–H and O–H groups in total. The molecule has 1 aliphatic rings. The zero-order chi connectivity index (χ0) is 13.0. The van der Waals surface area contributed by atoms with Gasteiger partial charge in [0, 0.05) is 17.3 Å². The molecular formula is C15H22FNS. The van der Waals surface area contributed by atoms with E-state index in [-0.39, 0.29) is 5.82 Å². The highest BCUT2D eigenvalue weighted by Gasteiger charge is 2.27. The maximum atomic E-state index is 13.1. The minimum Gasteiger partial charge on any atom is -0.310 e. The first-order chi connectivity index (χ1) is 8.69. The van der Waals surface area contributed by atoms with Crippen molar-refractivity contribution >= 4 is 11.8 Å². The summed E-state index contributed by atoms with van der Waals surface area (Å²) in [5, 5.41) is 4.45. The van der Waals surface area contributed by atoms with Gasteiger partial charge in [-0.3, -0.25) is 0 Å². The van der Waals surface area contributed by atoms with Crippen molar-refractivity contribution in [3.8, 4) is 0 Å². The van der Waals surface area contributed by atoms with Gasteiger partial charge in [0.2, 0.25) is 0 Å². The lowest BCUT2D eigenvalue weighted by Crippen LogP contribution is -2.41. The Hall–Kier alpha value is -0.540. The zero-order valence-corrected chi connectivity index (χ0v) is 12.0. The van der Waals surface area contributed by atoms with Gasteiger partial charge in [-0.25, -0.2) is 4.39 Å². The summed E-state index contributed by atoms with van der Waals surface area (Å²) >= 11 is 1.97. The van der Waals surface area contributed by atoms with E-state index in [1.165, 1.54) is 25.3 Å². The zero-order valence-electron chi connectivity index (χ0n) is 11.2. The second-order valence-corrected chi connectivity index (χ2v) is 6.29. The van der Waals surface area contributed by atoms with Gasteiger partial charge in [0.25, 0.3) is 0 Å². The van der Waals surface area contributed by atoms with Crippen molar-refractivity contribution in [1.29, 1.82) is 0 Å². The topological polar surface area (TPSA) is 12.0 Å². The van der Waals surface area contributed by atoms with Gasteiger partial charge < -0.3 is 5.32 Å². The van der Waals surface area contributed by atoms with Crippen LogP contribution in [0.25, 0.3) is 0 Å². The van der Waals surface area contributed by atoms with Crippen molar-refractivity contribution in [3.63, 3.8) is 0 Å². The number of rotatable bonds is 5. The molecule has 0 aromatic heterocycles. The minimum atomic E-state index is -0.137. The summed E-state index contributed by atoms with van der Waals surface area (Å²) in [6, 6.07) is 7.97. The van der Waals surface area contributed by atoms with Crippen LogP contribution in [0.5, 0.6) is 0 Å². The van der Waals surface area contributed by atoms with Gasteiger partial charge in [-0.2, -0.15) is 11.8 Å². The summed E-state index contributed by atoms with van der Waals surface area (Å²) in [5.41, 5.74) is 1.08. The van der Waals surface area contributed by atoms with E-state index in [1.807, 2.05) is 17.8 Å². The van der Waals surface area contributed by atoms with Gasteiger partial charge in [0.05, 0.1) is 0 Å². The summed E-state index contributed by atoms with van der Waals surface area (Å²) in [6.07, 6.45) is 7.03. The maximum Gasteiger partial charge on any atom is 0.123 e. The lowest BCUT2D eigenvalue weighted by atomic mass is 10.1. The van der Waals surface area contributed by atoms with Crippen molar-refractivity contribution in [2.75, 3.05) is 6.26 Å². The molecule has 1 nitrogen and oxygen atoms in total. The minimum absolute atomic E-state index is 0.137. The predicted octanol–water partition coefficient (Wildman–Crippen LogP) is 3.63. The number of benzene rings is 1. The Bertz CT molecular complexity index is 383. The Kier molecular flexibility index (Phi) is 5.07. The molecule has 3 unspecified atom stereocenters. The van der Waals surface area contributed by atoms with Crippen LogP contribution in [0.1, 0.15) is 31.7 Å². The van der Waals surface area contributed by atoms with Gasteiger partial charge >= 0.3 is 0 Å². The molecule has 3 heteroatoms. The number of hydrogen-bond acceptors (Lipinski definition) is 2. The van der Waals surface area contributed by atoms with Crippen LogP contribution in [0, 0.1) is 5.82 Å². The highest BCUT2D eigenvalue weighted by molar-refractivity contribution is 7.99. The first kappa shape index (κ1) is 13.9. The van der Waals surface area contributed by atoms with Crippen LogP contribution in [-0.4, -0.2) is 23.6 Å². The van der Waals surface area contributed by atoms with Gasteiger partial charge in [0.15, 0.2) is 0 Å². The first-order valence-corrected chi connectivity index (χ1v) is 8.01. The smallest absolute Gasteiger partial charge is 0.123 e. The third-order valence-electron chi connectivity index (χ3n) is 3.68. The van der Waals surface area contributed by atoms with Crippen LogP contribution in [0.4, 0.5) is 4.39 Å². The molecule has 0 radical (unpaired) electrons. The van der Waals surface area contributed by atoms with Gasteiger partial charge in [-0.05, 0) is 50.1 Å². The molecule has 1 aromatic carbocycles. The van der Waals surface area contributed by atoms with Crippen LogP contribution < -0.4 is 5.32 Å². The number of hydrogen-bond donors (Lipinski definition) is 1. The molecule has 0 saturated heterocycles. The Labute approximate surface area is 114 Å². The largest absolute Gasteiger partial charge is 0.310 e. The van der Waals surface area contributed by atoms with E-state index in [9.17, 15) is 4.39 Å². The lowest BCUT2D eigenvalue weighted by molar-refractivity contribution is 0.453. The van der Waals surface area contributed by atoms with E-state index in [2.05, 4.69) is 18.5 Å². The average molecular weight is 267 g/mol. The van der Waals surface area contributed by atoms with Crippen molar-refractivity contribution in [2.24, 2.45) is 0 Å². The van der Waals surface area contributed by atoms with Crippen LogP contribution in [0.15, 0.2) is 24.3 Å². The molecule has 2 rings (SSSR count). The monoisotopic (exact) mass is 267 g/mol. The second kappa shape index (κ2) is 6.58. The molecule has 0 heterocycles. The number of thioether (sulfide) groups is 1. The molecule has 0 bridgehead atoms. The van der Waals surface area contributed by atoms with E-state index >= 15 is 0 Å². The van der Waals surface area contributed by atoms with Crippen molar-refractivity contribution in [3.05, 3.63) is 35.6 Å². The van der Waals surface area contributed by atoms with Crippen molar-refractivity contribution < 1.29 is 4.39 Å². The predicted molar refractivity (Wildman–Crippen MR) is 77.6 cm³/mol. The summed E-state index contributed by atoms with van der Waals surface area (Å²) in [5.74, 6) is -0.137. The summed E-state index contributed by atoms with van der Waals surface area (Å²) in [4.78, 5) is 0. The normalized spacial score (nSPS) is 25.3. The SMILES string of the molecule is CSC1CCCC1NC(C)Cc1cccc(F)c1. The average Bonchev–Trinajstić information content (AvgIpc) is 2.76. The molecule has 1 aromatic rings. The highest BCUT2D eigenvalue weighted by Crippen LogP contribution is 2.28. The Morgan fingerprint density at radius 3 is 3.00 bits per heavy atom. The van der Waals surface area contributed by atoms with Gasteiger partial charge in [-0.1, -0.05) is 18.6 Å². The van der Waals surface area contributed by atoms with Crippen LogP contribution in [0.2, 0.25) is 0 Å². The molecule has 1 aliphatic carbocycles. The summed E-state index contributed by atoms with van der Waals surface area (Å²) < 4.78 is 13.1. The summed E-state index contributed by atoms with van der Waals surface area (Å²) in [6.45, 7) is 2.20. The fourth-order valence-electron chi connectivity index (χ4n) is 2.84. The molecule has 0 amide bonds. The van der Waals surface area contributed by atoms with Crippen molar-refractivity contribution in [2.45, 2.75) is 49.9 Å². The first-order valence-electron chi connectivity index (χ1n) is 6.72. The van der Waals surface area contributed by atoms with Crippen LogP contribution >= 0.6 is 11.8 Å². The second-order valence-electron chi connectivity index (χ2n) is 5.21. The van der Waals surface area contributed by atoms with Gasteiger partial charge in [-0.15, -0.1) is 0 Å². The molecule has 3 atom stereocenters. The van der Waals surface area contributed by atoms with Gasteiger partial charge in [0.1, 0.15) is 5.82 Å². The fraction of sp³-hybridized carbons (Fsp3) is 0.600. The van der Waals surface area contributed by atoms with E-state index in [1.54, 1.807) is 12.1 Å². The summed E-state index contributed by atoms with van der Waals surface area (Å²) in [7, 11) is 0. The molecule has 0 aliphatic heterocycles. The van der Waals surface area contributed by atoms with E-state index in [0.717, 1.165) is 17.2 Å². The van der Waals surface area contributed by atoms with E-state index in [4.69, 9.17) is 0 Å². The molecular weight excluding hydrogens is 245 g/mol. The highest BCUT2D eigenvalue weighted by atomic mass is 32.2. The van der Waals surface area contributed by atoms with Crippen LogP contribution in [-0.2, 0) is 6.42 Å². The third kappa shape index (κ3) is 3.72. The molecule has 1 saturated carbocycles. The number of nitrogens with one attached hydrogen (secondary N) is 1.